The third-order valence-electron chi connectivity index (χ3n) is 23.1. The van der Waals surface area contributed by atoms with Gasteiger partial charge in [0.2, 0.25) is 0 Å². The fourth-order valence-corrected chi connectivity index (χ4v) is 20.1. The first-order valence-corrected chi connectivity index (χ1v) is 39.5. The van der Waals surface area contributed by atoms with Crippen molar-refractivity contribution in [2.45, 2.75) is 85.4 Å². The second kappa shape index (κ2) is 24.5. The first-order chi connectivity index (χ1) is 56.6. The van der Waals surface area contributed by atoms with E-state index < -0.39 is 42.5 Å². The second-order valence-electron chi connectivity index (χ2n) is 32.9. The summed E-state index contributed by atoms with van der Waals surface area (Å²) in [6, 6.07) is 92.4. The first-order valence-electron chi connectivity index (χ1n) is 41.9. The van der Waals surface area contributed by atoms with E-state index in [1.807, 2.05) is 48.5 Å². The molecule has 528 valence electrons. The van der Waals surface area contributed by atoms with Crippen LogP contribution in [0.3, 0.4) is 0 Å². The van der Waals surface area contributed by atoms with Gasteiger partial charge in [0.05, 0.1) is 18.2 Å². The minimum Gasteiger partial charge on any atom is -0.456 e. The molecule has 0 bridgehead atoms. The SMILES string of the molecule is [2H]c1c([2H])c([2H])c(-c2cc3c4c(c2)N(c2c(-c5cccc6oc7ccccc7c56)cc(C(C)(C)C)cc2-c2cccc5sc6ccccc6c25)c2cc(C([2H])([2H])[2H])ccc2B4c2cc(-c4ccc(C(C)(C)C)cc4)ccc2N3c2c(-c3cccc4oc5ccccc5c34)cc(C(C)(C)C)cc2-c2cccc3sc4ccccc4c23)c([2H])c1[2H]. The Balaban J connectivity index is 1.00. The van der Waals surface area contributed by atoms with Crippen molar-refractivity contribution in [3.8, 4) is 66.8 Å². The molecule has 0 N–H and O–H groups in total. The van der Waals surface area contributed by atoms with Gasteiger partial charge in [-0.15, -0.1) is 22.7 Å². The van der Waals surface area contributed by atoms with Crippen LogP contribution in [0.2, 0.25) is 0 Å². The van der Waals surface area contributed by atoms with E-state index in [9.17, 15) is 11.0 Å². The van der Waals surface area contributed by atoms with Gasteiger partial charge in [-0.05, 0) is 203 Å². The van der Waals surface area contributed by atoms with E-state index >= 15 is 0 Å². The zero-order chi connectivity index (χ0) is 81.2. The summed E-state index contributed by atoms with van der Waals surface area (Å²) in [5.74, 6) is 0. The normalized spacial score (nSPS) is 14.3. The summed E-state index contributed by atoms with van der Waals surface area (Å²) in [6.07, 6.45) is 0. The molecule has 2 aliphatic rings. The molecule has 0 saturated heterocycles. The zero-order valence-electron chi connectivity index (χ0n) is 70.5. The number of rotatable bonds is 8. The van der Waals surface area contributed by atoms with Crippen LogP contribution < -0.4 is 26.2 Å². The fourth-order valence-electron chi connectivity index (χ4n) is 17.8. The number of fused-ring (bicyclic) bond motifs is 16. The third-order valence-corrected chi connectivity index (χ3v) is 25.4. The smallest absolute Gasteiger partial charge is 0.252 e. The highest BCUT2D eigenvalue weighted by Gasteiger charge is 2.47. The topological polar surface area (TPSA) is 32.8 Å². The van der Waals surface area contributed by atoms with Crippen molar-refractivity contribution < 1.29 is 19.8 Å². The molecule has 4 aromatic heterocycles. The van der Waals surface area contributed by atoms with E-state index in [1.165, 1.54) is 5.56 Å². The number of hydrogen-bond donors (Lipinski definition) is 0. The fraction of sp³-hybridized carbons (Fsp3) is 0.126. The minimum absolute atomic E-state index is 0.00346. The largest absolute Gasteiger partial charge is 0.456 e. The van der Waals surface area contributed by atoms with Gasteiger partial charge in [0.15, 0.2) is 0 Å². The predicted molar refractivity (Wildman–Crippen MR) is 474 cm³/mol. The molecule has 21 rings (SSSR count). The lowest BCUT2D eigenvalue weighted by molar-refractivity contribution is 0.590. The van der Waals surface area contributed by atoms with Gasteiger partial charge >= 0.3 is 0 Å². The van der Waals surface area contributed by atoms with Gasteiger partial charge in [-0.1, -0.05) is 262 Å². The maximum atomic E-state index is 10.3. The Labute approximate surface area is 661 Å². The monoisotopic (exact) mass is 1460 g/mol. The summed E-state index contributed by atoms with van der Waals surface area (Å²) in [4.78, 5) is 4.76. The highest BCUT2D eigenvalue weighted by Crippen LogP contribution is 2.59. The number of benzene rings is 15. The number of aryl methyl sites for hydroxylation is 1. The zero-order valence-corrected chi connectivity index (χ0v) is 64.1. The van der Waals surface area contributed by atoms with E-state index in [2.05, 4.69) is 284 Å². The van der Waals surface area contributed by atoms with Gasteiger partial charge in [0, 0.05) is 111 Å². The average molecular weight is 1460 g/mol. The Kier molecular flexibility index (Phi) is 12.9. The molecule has 0 unspecified atom stereocenters. The molecule has 0 radical (unpaired) electrons. The van der Waals surface area contributed by atoms with Crippen LogP contribution in [0.5, 0.6) is 0 Å². The number of thiophene rings is 2. The Morgan fingerprint density at radius 2 is 0.755 bits per heavy atom. The summed E-state index contributed by atoms with van der Waals surface area (Å²) >= 11 is 3.52. The summed E-state index contributed by atoms with van der Waals surface area (Å²) < 4.78 is 96.2. The van der Waals surface area contributed by atoms with Crippen LogP contribution >= 0.6 is 22.7 Å². The molecule has 110 heavy (non-hydrogen) atoms. The quantitative estimate of drug-likeness (QED) is 0.142. The van der Waals surface area contributed by atoms with Crippen molar-refractivity contribution in [3.05, 3.63) is 319 Å². The average Bonchev–Trinajstić information content (AvgIpc) is 0.997. The lowest BCUT2D eigenvalue weighted by atomic mass is 9.33. The maximum absolute atomic E-state index is 10.3. The molecular formula is C103H79BN2O2S2. The Morgan fingerprint density at radius 3 is 1.25 bits per heavy atom. The lowest BCUT2D eigenvalue weighted by Crippen LogP contribution is -2.61. The number of hydrogen-bond acceptors (Lipinski definition) is 6. The number of furan rings is 2. The third kappa shape index (κ3) is 10.3. The lowest BCUT2D eigenvalue weighted by Gasteiger charge is -2.46. The van der Waals surface area contributed by atoms with Crippen molar-refractivity contribution in [1.82, 2.24) is 0 Å². The molecule has 4 nitrogen and oxygen atoms in total. The van der Waals surface area contributed by atoms with Crippen LogP contribution in [-0.2, 0) is 16.2 Å². The summed E-state index contributed by atoms with van der Waals surface area (Å²) in [5, 5.41) is 8.07. The Morgan fingerprint density at radius 1 is 0.318 bits per heavy atom. The molecule has 0 spiro atoms. The van der Waals surface area contributed by atoms with E-state index in [0.717, 1.165) is 179 Å². The van der Waals surface area contributed by atoms with Crippen molar-refractivity contribution in [2.24, 2.45) is 0 Å². The van der Waals surface area contributed by atoms with E-state index in [0.29, 0.717) is 28.2 Å². The van der Waals surface area contributed by atoms with E-state index in [4.69, 9.17) is 8.83 Å². The van der Waals surface area contributed by atoms with Crippen LogP contribution in [0.1, 0.15) is 95.5 Å². The standard InChI is InChI=1S/C103H79BN2O2S2/c1-60-44-50-80-83(52-60)106(100-77(69-33-23-39-89-95(69)73-29-15-19-37-87(73)108-89)57-67(103(8,9)10)59-79(100)71-35-25-43-93-97(71)75-31-17-21-41-91(75)110-93)85-55-64(61-26-12-11-13-27-61)54-84-98(85)104(80)81-53-63(62-45-48-65(49-46-62)101(2,3)4)47-51-82(81)105(84)99-76(68-32-22-38-88-94(68)72-28-14-18-36-86(72)107-88)56-66(102(5,6)7)58-78(99)70-34-24-42-92-96(70)74-30-16-20-40-90(74)109-92/h11-59H,1-10H3/i1D3,11D,12D,13D,26D,27D. The molecule has 6 heterocycles. The predicted octanol–water partition coefficient (Wildman–Crippen LogP) is 28.5. The van der Waals surface area contributed by atoms with E-state index in [-0.39, 0.29) is 28.6 Å². The number of para-hydroxylation sites is 2. The van der Waals surface area contributed by atoms with Crippen LogP contribution in [0.4, 0.5) is 34.1 Å². The highest BCUT2D eigenvalue weighted by atomic mass is 32.1. The maximum Gasteiger partial charge on any atom is 0.252 e. The van der Waals surface area contributed by atoms with Gasteiger partial charge in [0.25, 0.3) is 6.71 Å². The van der Waals surface area contributed by atoms with Gasteiger partial charge < -0.3 is 18.6 Å². The van der Waals surface area contributed by atoms with Crippen molar-refractivity contribution >= 4 is 164 Å². The van der Waals surface area contributed by atoms with Crippen LogP contribution in [0, 0.1) is 6.85 Å². The minimum atomic E-state index is -2.62. The first kappa shape index (κ1) is 58.1. The molecule has 7 heteroatoms. The highest BCUT2D eigenvalue weighted by molar-refractivity contribution is 7.26. The molecule has 15 aromatic carbocycles. The van der Waals surface area contributed by atoms with Crippen LogP contribution in [0.25, 0.3) is 151 Å². The van der Waals surface area contributed by atoms with Crippen LogP contribution in [0.15, 0.2) is 306 Å². The molecule has 2 aliphatic heterocycles. The Bertz CT molecular complexity index is 7230. The van der Waals surface area contributed by atoms with E-state index in [1.54, 1.807) is 28.7 Å². The Hall–Kier alpha value is -12.0. The summed E-state index contributed by atoms with van der Waals surface area (Å²) in [5.41, 5.74) is 21.7. The molecule has 0 aliphatic carbocycles. The van der Waals surface area contributed by atoms with Crippen molar-refractivity contribution in [1.29, 1.82) is 0 Å². The number of nitrogens with zero attached hydrogens (tertiary/aromatic N) is 2. The molecule has 0 atom stereocenters. The van der Waals surface area contributed by atoms with Crippen molar-refractivity contribution in [3.63, 3.8) is 0 Å². The molecule has 0 fully saturated rings. The molecule has 0 amide bonds. The summed E-state index contributed by atoms with van der Waals surface area (Å²) in [7, 11) is 0. The van der Waals surface area contributed by atoms with Gasteiger partial charge in [-0.2, -0.15) is 0 Å². The second-order valence-corrected chi connectivity index (χ2v) is 35.0. The molecular weight excluding hydrogens is 1370 g/mol. The summed E-state index contributed by atoms with van der Waals surface area (Å²) in [6.45, 7) is 17.0. The van der Waals surface area contributed by atoms with Crippen LogP contribution in [-0.4, -0.2) is 6.71 Å². The van der Waals surface area contributed by atoms with Gasteiger partial charge in [-0.3, -0.25) is 0 Å². The molecule has 0 saturated carbocycles. The molecule has 19 aromatic rings. The van der Waals surface area contributed by atoms with Gasteiger partial charge in [-0.25, -0.2) is 0 Å². The number of anilines is 6. The van der Waals surface area contributed by atoms with Gasteiger partial charge in [0.1, 0.15) is 22.3 Å². The van der Waals surface area contributed by atoms with Crippen molar-refractivity contribution in [2.75, 3.05) is 9.80 Å².